The third-order valence-electron chi connectivity index (χ3n) is 6.49. The maximum absolute atomic E-state index is 13.1. The highest BCUT2D eigenvalue weighted by Gasteiger charge is 2.30. The molecule has 204 valence electrons. The number of halogens is 3. The molecule has 0 saturated carbocycles. The van der Waals surface area contributed by atoms with Crippen molar-refractivity contribution < 1.29 is 22.4 Å². The first-order valence-corrected chi connectivity index (χ1v) is 12.9. The van der Waals surface area contributed by atoms with Crippen molar-refractivity contribution in [1.82, 2.24) is 15.3 Å². The lowest BCUT2D eigenvalue weighted by atomic mass is 10.1. The summed E-state index contributed by atoms with van der Waals surface area (Å²) in [5, 5.41) is 3.59. The molecule has 3 aromatic carbocycles. The van der Waals surface area contributed by atoms with E-state index in [1.165, 1.54) is 6.07 Å². The van der Waals surface area contributed by atoms with Gasteiger partial charge in [-0.3, -0.25) is 4.79 Å². The topological polar surface area (TPSA) is 71.3 Å². The number of carbonyl (C=O) groups is 1. The van der Waals surface area contributed by atoms with Gasteiger partial charge >= 0.3 is 6.18 Å². The summed E-state index contributed by atoms with van der Waals surface area (Å²) in [7, 11) is 0. The van der Waals surface area contributed by atoms with Gasteiger partial charge in [-0.2, -0.15) is 13.2 Å². The van der Waals surface area contributed by atoms with Crippen LogP contribution in [0.25, 0.3) is 22.5 Å². The van der Waals surface area contributed by atoms with Crippen LogP contribution in [0.1, 0.15) is 23.1 Å². The molecule has 5 aromatic rings. The Hall–Kier alpha value is -4.66. The highest BCUT2D eigenvalue weighted by atomic mass is 19.4. The summed E-state index contributed by atoms with van der Waals surface area (Å²) in [4.78, 5) is 24.4. The molecule has 2 heterocycles. The van der Waals surface area contributed by atoms with Crippen molar-refractivity contribution in [1.29, 1.82) is 0 Å². The first-order chi connectivity index (χ1) is 19.4. The Bertz CT molecular complexity index is 1570. The Kier molecular flexibility index (Phi) is 8.10. The third kappa shape index (κ3) is 6.66. The third-order valence-corrected chi connectivity index (χ3v) is 6.49. The second-order valence-corrected chi connectivity index (χ2v) is 9.31. The highest BCUT2D eigenvalue weighted by Crippen LogP contribution is 2.30. The molecule has 0 fully saturated rings. The molecule has 6 nitrogen and oxygen atoms in total. The number of benzene rings is 3. The molecular formula is C31H27F3N4O2. The molecule has 9 heteroatoms. The second kappa shape index (κ2) is 12.0. The van der Waals surface area contributed by atoms with Crippen LogP contribution in [0.4, 0.5) is 19.0 Å². The van der Waals surface area contributed by atoms with Crippen LogP contribution in [0.2, 0.25) is 0 Å². The number of alkyl halides is 3. The predicted octanol–water partition coefficient (Wildman–Crippen LogP) is 6.66. The summed E-state index contributed by atoms with van der Waals surface area (Å²) >= 11 is 0. The SMILES string of the molecule is O=C(CCN(CCc1ccccc1)c1nc(-c2ccco2)nc2ccccc12)NCc1cccc(C(F)(F)F)c1. The standard InChI is InChI=1S/C31H27F3N4O2/c32-31(33,34)24-11-6-10-23(20-24)21-35-28(39)16-18-38(17-15-22-8-2-1-3-9-22)30-25-12-4-5-13-26(25)36-29(37-30)27-14-7-19-40-27/h1-14,19-20H,15-18,21H2,(H,35,39). The number of carbonyl (C=O) groups excluding carboxylic acids is 1. The van der Waals surface area contributed by atoms with Gasteiger partial charge in [0.05, 0.1) is 17.3 Å². The molecule has 0 saturated heterocycles. The Balaban J connectivity index is 1.36. The molecule has 5 rings (SSSR count). The van der Waals surface area contributed by atoms with Gasteiger partial charge in [-0.05, 0) is 53.9 Å². The number of hydrogen-bond acceptors (Lipinski definition) is 5. The van der Waals surface area contributed by atoms with Crippen LogP contribution in [0, 0.1) is 0 Å². The van der Waals surface area contributed by atoms with Crippen molar-refractivity contribution in [3.05, 3.63) is 114 Å². The van der Waals surface area contributed by atoms with Gasteiger partial charge in [0, 0.05) is 31.4 Å². The number of furan rings is 1. The fourth-order valence-corrected chi connectivity index (χ4v) is 4.43. The number of nitrogens with zero attached hydrogens (tertiary/aromatic N) is 3. The van der Waals surface area contributed by atoms with Gasteiger partial charge in [-0.25, -0.2) is 9.97 Å². The second-order valence-electron chi connectivity index (χ2n) is 9.31. The number of nitrogens with one attached hydrogen (secondary N) is 1. The van der Waals surface area contributed by atoms with Crippen LogP contribution in [0.3, 0.4) is 0 Å². The molecule has 0 atom stereocenters. The summed E-state index contributed by atoms with van der Waals surface area (Å²) in [6.45, 7) is 0.940. The number of anilines is 1. The number of para-hydroxylation sites is 1. The molecule has 2 aromatic heterocycles. The Morgan fingerprint density at radius 2 is 1.62 bits per heavy atom. The number of aromatic nitrogens is 2. The van der Waals surface area contributed by atoms with Gasteiger partial charge in [0.25, 0.3) is 0 Å². The smallest absolute Gasteiger partial charge is 0.416 e. The van der Waals surface area contributed by atoms with E-state index < -0.39 is 11.7 Å². The first kappa shape index (κ1) is 26.9. The molecule has 0 aliphatic rings. The lowest BCUT2D eigenvalue weighted by Gasteiger charge is -2.25. The molecule has 0 aliphatic heterocycles. The van der Waals surface area contributed by atoms with E-state index in [1.807, 2.05) is 59.5 Å². The average Bonchev–Trinajstić information content (AvgIpc) is 3.51. The lowest BCUT2D eigenvalue weighted by molar-refractivity contribution is -0.137. The van der Waals surface area contributed by atoms with Crippen LogP contribution in [0.5, 0.6) is 0 Å². The molecular weight excluding hydrogens is 517 g/mol. The van der Waals surface area contributed by atoms with E-state index in [1.54, 1.807) is 24.5 Å². The predicted molar refractivity (Wildman–Crippen MR) is 148 cm³/mol. The van der Waals surface area contributed by atoms with E-state index in [-0.39, 0.29) is 18.9 Å². The van der Waals surface area contributed by atoms with E-state index in [2.05, 4.69) is 10.3 Å². The molecule has 0 unspecified atom stereocenters. The Labute approximate surface area is 229 Å². The normalized spacial score (nSPS) is 11.5. The lowest BCUT2D eigenvalue weighted by Crippen LogP contribution is -2.33. The van der Waals surface area contributed by atoms with E-state index in [0.29, 0.717) is 36.1 Å². The van der Waals surface area contributed by atoms with E-state index in [9.17, 15) is 18.0 Å². The summed E-state index contributed by atoms with van der Waals surface area (Å²) in [6.07, 6.45) is -2.02. The van der Waals surface area contributed by atoms with Gasteiger partial charge in [0.15, 0.2) is 11.6 Å². The van der Waals surface area contributed by atoms with Crippen LogP contribution >= 0.6 is 0 Å². The van der Waals surface area contributed by atoms with Crippen LogP contribution in [0.15, 0.2) is 102 Å². The summed E-state index contributed by atoms with van der Waals surface area (Å²) in [6, 6.07) is 26.2. The molecule has 0 radical (unpaired) electrons. The molecule has 0 aliphatic carbocycles. The monoisotopic (exact) mass is 544 g/mol. The fraction of sp³-hybridized carbons (Fsp3) is 0.194. The van der Waals surface area contributed by atoms with Crippen LogP contribution in [-0.2, 0) is 23.9 Å². The molecule has 0 spiro atoms. The zero-order valence-corrected chi connectivity index (χ0v) is 21.6. The van der Waals surface area contributed by atoms with E-state index >= 15 is 0 Å². The molecule has 0 bridgehead atoms. The van der Waals surface area contributed by atoms with E-state index in [0.717, 1.165) is 35.0 Å². The minimum atomic E-state index is -4.44. The largest absolute Gasteiger partial charge is 0.461 e. The maximum atomic E-state index is 13.1. The average molecular weight is 545 g/mol. The molecule has 1 N–H and O–H groups in total. The van der Waals surface area contributed by atoms with Crippen molar-refractivity contribution in [2.75, 3.05) is 18.0 Å². The number of rotatable bonds is 10. The summed E-state index contributed by atoms with van der Waals surface area (Å²) in [5.41, 5.74) is 1.53. The quantitative estimate of drug-likeness (QED) is 0.213. The number of hydrogen-bond donors (Lipinski definition) is 1. The zero-order chi connectivity index (χ0) is 28.0. The van der Waals surface area contributed by atoms with Crippen LogP contribution in [-0.4, -0.2) is 29.0 Å². The minimum absolute atomic E-state index is 0.00580. The first-order valence-electron chi connectivity index (χ1n) is 12.9. The maximum Gasteiger partial charge on any atom is 0.416 e. The van der Waals surface area contributed by atoms with Crippen molar-refractivity contribution in [3.63, 3.8) is 0 Å². The van der Waals surface area contributed by atoms with Crippen molar-refractivity contribution in [2.24, 2.45) is 0 Å². The van der Waals surface area contributed by atoms with Crippen LogP contribution < -0.4 is 10.2 Å². The Morgan fingerprint density at radius 1 is 0.850 bits per heavy atom. The Morgan fingerprint density at radius 3 is 2.40 bits per heavy atom. The van der Waals surface area contributed by atoms with Gasteiger partial charge in [0.1, 0.15) is 5.82 Å². The summed E-state index contributed by atoms with van der Waals surface area (Å²) in [5.74, 6) is 1.39. The number of amides is 1. The minimum Gasteiger partial charge on any atom is -0.461 e. The summed E-state index contributed by atoms with van der Waals surface area (Å²) < 4.78 is 44.7. The molecule has 1 amide bonds. The van der Waals surface area contributed by atoms with Gasteiger partial charge < -0.3 is 14.6 Å². The number of fused-ring (bicyclic) bond motifs is 1. The van der Waals surface area contributed by atoms with E-state index in [4.69, 9.17) is 9.40 Å². The van der Waals surface area contributed by atoms with Gasteiger partial charge in [0.2, 0.25) is 5.91 Å². The van der Waals surface area contributed by atoms with Crippen molar-refractivity contribution in [3.8, 4) is 11.6 Å². The van der Waals surface area contributed by atoms with Gasteiger partial charge in [-0.15, -0.1) is 0 Å². The zero-order valence-electron chi connectivity index (χ0n) is 21.6. The fourth-order valence-electron chi connectivity index (χ4n) is 4.43. The van der Waals surface area contributed by atoms with Crippen molar-refractivity contribution in [2.45, 2.75) is 25.6 Å². The van der Waals surface area contributed by atoms with Crippen molar-refractivity contribution >= 4 is 22.6 Å². The molecule has 40 heavy (non-hydrogen) atoms. The van der Waals surface area contributed by atoms with Gasteiger partial charge in [-0.1, -0.05) is 54.6 Å². The highest BCUT2D eigenvalue weighted by molar-refractivity contribution is 5.91.